The standard InChI is InChI=1S/C11H21N3O2/c1-14-4-2-3-8(7-14)13-11(16)10-5-9(15)6-12-10/h8-10,12,15H,2-7H2,1H3,(H,13,16). The molecule has 0 radical (unpaired) electrons. The van der Waals surface area contributed by atoms with Crippen LogP contribution in [0.25, 0.3) is 0 Å². The Morgan fingerprint density at radius 3 is 3.00 bits per heavy atom. The van der Waals surface area contributed by atoms with Crippen LogP contribution >= 0.6 is 0 Å². The number of likely N-dealkylation sites (tertiary alicyclic amines) is 1. The van der Waals surface area contributed by atoms with Crippen molar-refractivity contribution in [2.24, 2.45) is 0 Å². The number of piperidine rings is 1. The van der Waals surface area contributed by atoms with Gasteiger partial charge in [0.15, 0.2) is 0 Å². The first-order chi connectivity index (χ1) is 7.65. The molecule has 2 rings (SSSR count). The van der Waals surface area contributed by atoms with Crippen molar-refractivity contribution >= 4 is 5.91 Å². The molecule has 92 valence electrons. The van der Waals surface area contributed by atoms with Gasteiger partial charge in [0.05, 0.1) is 12.1 Å². The summed E-state index contributed by atoms with van der Waals surface area (Å²) < 4.78 is 0. The molecule has 0 saturated carbocycles. The van der Waals surface area contributed by atoms with Gasteiger partial charge in [0, 0.05) is 19.1 Å². The highest BCUT2D eigenvalue weighted by Gasteiger charge is 2.29. The van der Waals surface area contributed by atoms with Crippen LogP contribution in [0.5, 0.6) is 0 Å². The van der Waals surface area contributed by atoms with E-state index < -0.39 is 0 Å². The molecule has 2 saturated heterocycles. The zero-order valence-corrected chi connectivity index (χ0v) is 9.78. The Balaban J connectivity index is 1.78. The van der Waals surface area contributed by atoms with Crippen molar-refractivity contribution in [3.05, 3.63) is 0 Å². The van der Waals surface area contributed by atoms with Crippen LogP contribution in [0.4, 0.5) is 0 Å². The minimum absolute atomic E-state index is 0.0388. The molecule has 0 bridgehead atoms. The molecule has 2 aliphatic rings. The van der Waals surface area contributed by atoms with E-state index in [0.29, 0.717) is 13.0 Å². The van der Waals surface area contributed by atoms with E-state index in [1.165, 1.54) is 0 Å². The van der Waals surface area contributed by atoms with E-state index in [1.54, 1.807) is 0 Å². The van der Waals surface area contributed by atoms with Gasteiger partial charge in [-0.3, -0.25) is 4.79 Å². The molecule has 2 fully saturated rings. The van der Waals surface area contributed by atoms with Crippen LogP contribution in [0.2, 0.25) is 0 Å². The van der Waals surface area contributed by atoms with Gasteiger partial charge in [0.1, 0.15) is 0 Å². The van der Waals surface area contributed by atoms with Gasteiger partial charge in [0.2, 0.25) is 5.91 Å². The molecule has 0 aromatic rings. The molecular formula is C11H21N3O2. The lowest BCUT2D eigenvalue weighted by molar-refractivity contribution is -0.124. The number of β-amino-alcohol motifs (C(OH)–C–C–N with tert-alkyl or cyclic N) is 1. The number of hydrogen-bond donors (Lipinski definition) is 3. The molecule has 2 aliphatic heterocycles. The van der Waals surface area contributed by atoms with Gasteiger partial charge in [0.25, 0.3) is 0 Å². The number of amides is 1. The fraction of sp³-hybridized carbons (Fsp3) is 0.909. The SMILES string of the molecule is CN1CCCC(NC(=O)C2CC(O)CN2)C1. The summed E-state index contributed by atoms with van der Waals surface area (Å²) in [6, 6.07) is 0.0630. The number of likely N-dealkylation sites (N-methyl/N-ethyl adjacent to an activating group) is 1. The van der Waals surface area contributed by atoms with E-state index in [0.717, 1.165) is 25.9 Å². The number of aliphatic hydroxyl groups is 1. The largest absolute Gasteiger partial charge is 0.392 e. The highest BCUT2D eigenvalue weighted by molar-refractivity contribution is 5.82. The van der Waals surface area contributed by atoms with Gasteiger partial charge in [-0.2, -0.15) is 0 Å². The molecule has 0 spiro atoms. The van der Waals surface area contributed by atoms with Gasteiger partial charge < -0.3 is 20.6 Å². The lowest BCUT2D eigenvalue weighted by Crippen LogP contribution is -2.50. The number of carbonyl (C=O) groups excluding carboxylic acids is 1. The molecule has 3 N–H and O–H groups in total. The topological polar surface area (TPSA) is 64.6 Å². The Kier molecular flexibility index (Phi) is 3.78. The highest BCUT2D eigenvalue weighted by atomic mass is 16.3. The first-order valence-corrected chi connectivity index (χ1v) is 6.05. The summed E-state index contributed by atoms with van der Waals surface area (Å²) >= 11 is 0. The van der Waals surface area contributed by atoms with Crippen LogP contribution in [-0.4, -0.2) is 60.8 Å². The van der Waals surface area contributed by atoms with E-state index in [-0.39, 0.29) is 24.1 Å². The van der Waals surface area contributed by atoms with Crippen LogP contribution in [-0.2, 0) is 4.79 Å². The van der Waals surface area contributed by atoms with Gasteiger partial charge in [-0.25, -0.2) is 0 Å². The average Bonchev–Trinajstić information content (AvgIpc) is 2.65. The van der Waals surface area contributed by atoms with Crippen LogP contribution in [0.1, 0.15) is 19.3 Å². The van der Waals surface area contributed by atoms with Gasteiger partial charge in [-0.15, -0.1) is 0 Å². The monoisotopic (exact) mass is 227 g/mol. The summed E-state index contributed by atoms with van der Waals surface area (Å²) in [7, 11) is 2.08. The molecule has 0 aromatic heterocycles. The van der Waals surface area contributed by atoms with Crippen LogP contribution in [0, 0.1) is 0 Å². The number of nitrogens with zero attached hydrogens (tertiary/aromatic N) is 1. The Morgan fingerprint density at radius 1 is 1.56 bits per heavy atom. The predicted octanol–water partition coefficient (Wildman–Crippen LogP) is -1.08. The van der Waals surface area contributed by atoms with E-state index in [4.69, 9.17) is 0 Å². The van der Waals surface area contributed by atoms with Crippen molar-refractivity contribution in [3.8, 4) is 0 Å². The average molecular weight is 227 g/mol. The van der Waals surface area contributed by atoms with Crippen molar-refractivity contribution < 1.29 is 9.90 Å². The van der Waals surface area contributed by atoms with Crippen molar-refractivity contribution in [3.63, 3.8) is 0 Å². The van der Waals surface area contributed by atoms with E-state index in [1.807, 2.05) is 0 Å². The van der Waals surface area contributed by atoms with Gasteiger partial charge in [-0.1, -0.05) is 0 Å². The smallest absolute Gasteiger partial charge is 0.237 e. The second-order valence-corrected chi connectivity index (χ2v) is 4.96. The van der Waals surface area contributed by atoms with E-state index in [9.17, 15) is 9.90 Å². The Bertz CT molecular complexity index is 260. The summed E-state index contributed by atoms with van der Waals surface area (Å²) in [5, 5.41) is 15.4. The number of hydrogen-bond acceptors (Lipinski definition) is 4. The first kappa shape index (κ1) is 11.8. The summed E-state index contributed by atoms with van der Waals surface area (Å²) in [5.41, 5.74) is 0. The van der Waals surface area contributed by atoms with Crippen molar-refractivity contribution in [1.29, 1.82) is 0 Å². The molecule has 1 amide bonds. The summed E-state index contributed by atoms with van der Waals surface area (Å²) in [6.45, 7) is 2.58. The zero-order chi connectivity index (χ0) is 11.5. The third kappa shape index (κ3) is 2.93. The maximum absolute atomic E-state index is 11.9. The fourth-order valence-corrected chi connectivity index (χ4v) is 2.50. The number of carbonyl (C=O) groups is 1. The second-order valence-electron chi connectivity index (χ2n) is 4.96. The maximum Gasteiger partial charge on any atom is 0.237 e. The Morgan fingerprint density at radius 2 is 2.38 bits per heavy atom. The maximum atomic E-state index is 11.9. The Labute approximate surface area is 96.2 Å². The van der Waals surface area contributed by atoms with Crippen LogP contribution in [0.15, 0.2) is 0 Å². The molecule has 5 nitrogen and oxygen atoms in total. The summed E-state index contributed by atoms with van der Waals surface area (Å²) in [5.74, 6) is 0.0388. The fourth-order valence-electron chi connectivity index (χ4n) is 2.50. The van der Waals surface area contributed by atoms with Crippen molar-refractivity contribution in [2.75, 3.05) is 26.7 Å². The van der Waals surface area contributed by atoms with E-state index >= 15 is 0 Å². The summed E-state index contributed by atoms with van der Waals surface area (Å²) in [6.07, 6.45) is 2.37. The van der Waals surface area contributed by atoms with Gasteiger partial charge in [-0.05, 0) is 32.9 Å². The molecule has 16 heavy (non-hydrogen) atoms. The quantitative estimate of drug-likeness (QED) is 0.561. The third-order valence-electron chi connectivity index (χ3n) is 3.40. The lowest BCUT2D eigenvalue weighted by Gasteiger charge is -2.30. The van der Waals surface area contributed by atoms with Crippen molar-refractivity contribution in [2.45, 2.75) is 37.5 Å². The van der Waals surface area contributed by atoms with Gasteiger partial charge >= 0.3 is 0 Å². The molecule has 2 heterocycles. The minimum Gasteiger partial charge on any atom is -0.392 e. The summed E-state index contributed by atoms with van der Waals surface area (Å²) in [4.78, 5) is 14.1. The highest BCUT2D eigenvalue weighted by Crippen LogP contribution is 2.10. The van der Waals surface area contributed by atoms with Crippen molar-refractivity contribution in [1.82, 2.24) is 15.5 Å². The number of nitrogens with one attached hydrogen (secondary N) is 2. The molecule has 3 atom stereocenters. The molecule has 0 aromatic carbocycles. The first-order valence-electron chi connectivity index (χ1n) is 6.05. The molecular weight excluding hydrogens is 206 g/mol. The zero-order valence-electron chi connectivity index (χ0n) is 9.78. The van der Waals surface area contributed by atoms with Crippen LogP contribution in [0.3, 0.4) is 0 Å². The number of rotatable bonds is 2. The number of aliphatic hydroxyl groups excluding tert-OH is 1. The van der Waals surface area contributed by atoms with E-state index in [2.05, 4.69) is 22.6 Å². The third-order valence-corrected chi connectivity index (χ3v) is 3.40. The Hall–Kier alpha value is -0.650. The predicted molar refractivity (Wildman–Crippen MR) is 61.1 cm³/mol. The minimum atomic E-state index is -0.371. The molecule has 3 unspecified atom stereocenters. The van der Waals surface area contributed by atoms with Crippen LogP contribution < -0.4 is 10.6 Å². The normalized spacial score (nSPS) is 36.2. The second kappa shape index (κ2) is 5.12. The molecule has 5 heteroatoms. The molecule has 0 aliphatic carbocycles. The lowest BCUT2D eigenvalue weighted by atomic mass is 10.1.